The molecule has 0 heterocycles. The van der Waals surface area contributed by atoms with Gasteiger partial charge in [-0.25, -0.2) is 4.39 Å². The molecule has 21 heavy (non-hydrogen) atoms. The van der Waals surface area contributed by atoms with Crippen molar-refractivity contribution in [3.05, 3.63) is 58.9 Å². The number of anilines is 1. The second-order valence-electron chi connectivity index (χ2n) is 4.23. The lowest BCUT2D eigenvalue weighted by molar-refractivity contribution is -0.118. The third kappa shape index (κ3) is 4.18. The molecule has 4 nitrogen and oxygen atoms in total. The molecule has 0 fully saturated rings. The first-order chi connectivity index (χ1) is 10.1. The van der Waals surface area contributed by atoms with E-state index >= 15 is 0 Å². The van der Waals surface area contributed by atoms with Gasteiger partial charge in [-0.05, 0) is 24.3 Å². The summed E-state index contributed by atoms with van der Waals surface area (Å²) in [6.45, 7) is -0.405. The minimum atomic E-state index is -0.553. The Morgan fingerprint density at radius 1 is 1.29 bits per heavy atom. The van der Waals surface area contributed by atoms with E-state index in [0.29, 0.717) is 17.0 Å². The summed E-state index contributed by atoms with van der Waals surface area (Å²) in [6, 6.07) is 10.8. The fraction of sp³-hybridized carbons (Fsp3) is 0.133. The molecule has 0 saturated heterocycles. The SMILES string of the molecule is O=C(COc1ccccc1CO)Nc1ccc(F)c(Cl)c1. The summed E-state index contributed by atoms with van der Waals surface area (Å²) < 4.78 is 18.3. The summed E-state index contributed by atoms with van der Waals surface area (Å²) in [5.74, 6) is -0.527. The van der Waals surface area contributed by atoms with Gasteiger partial charge in [0.1, 0.15) is 11.6 Å². The zero-order valence-electron chi connectivity index (χ0n) is 11.0. The van der Waals surface area contributed by atoms with Gasteiger partial charge in [-0.2, -0.15) is 0 Å². The van der Waals surface area contributed by atoms with Gasteiger partial charge in [0.15, 0.2) is 6.61 Å². The molecule has 1 amide bonds. The third-order valence-corrected chi connectivity index (χ3v) is 2.99. The summed E-state index contributed by atoms with van der Waals surface area (Å²) in [7, 11) is 0. The lowest BCUT2D eigenvalue weighted by Gasteiger charge is -2.10. The van der Waals surface area contributed by atoms with E-state index in [-0.39, 0.29) is 18.2 Å². The largest absolute Gasteiger partial charge is 0.483 e. The first kappa shape index (κ1) is 15.3. The molecule has 6 heteroatoms. The van der Waals surface area contributed by atoms with Crippen LogP contribution in [-0.2, 0) is 11.4 Å². The molecular formula is C15H13ClFNO3. The highest BCUT2D eigenvalue weighted by Gasteiger charge is 2.08. The average molecular weight is 310 g/mol. The van der Waals surface area contributed by atoms with Crippen molar-refractivity contribution in [3.8, 4) is 5.75 Å². The van der Waals surface area contributed by atoms with Crippen LogP contribution in [0.1, 0.15) is 5.56 Å². The maximum absolute atomic E-state index is 13.0. The van der Waals surface area contributed by atoms with Crippen LogP contribution in [-0.4, -0.2) is 17.6 Å². The van der Waals surface area contributed by atoms with Crippen molar-refractivity contribution in [2.75, 3.05) is 11.9 Å². The van der Waals surface area contributed by atoms with Crippen LogP contribution in [0.4, 0.5) is 10.1 Å². The second-order valence-corrected chi connectivity index (χ2v) is 4.64. The molecule has 0 unspecified atom stereocenters. The highest BCUT2D eigenvalue weighted by molar-refractivity contribution is 6.31. The van der Waals surface area contributed by atoms with Gasteiger partial charge in [0, 0.05) is 11.3 Å². The Kier molecular flexibility index (Phi) is 5.14. The van der Waals surface area contributed by atoms with E-state index in [4.69, 9.17) is 21.4 Å². The van der Waals surface area contributed by atoms with Gasteiger partial charge in [-0.15, -0.1) is 0 Å². The molecule has 0 aliphatic rings. The summed E-state index contributed by atoms with van der Waals surface area (Å²) >= 11 is 5.62. The number of nitrogens with one attached hydrogen (secondary N) is 1. The van der Waals surface area contributed by atoms with Crippen molar-refractivity contribution in [1.29, 1.82) is 0 Å². The van der Waals surface area contributed by atoms with E-state index in [1.807, 2.05) is 0 Å². The van der Waals surface area contributed by atoms with Gasteiger partial charge < -0.3 is 15.2 Å². The Morgan fingerprint density at radius 2 is 2.05 bits per heavy atom. The number of rotatable bonds is 5. The van der Waals surface area contributed by atoms with Crippen LogP contribution in [0.5, 0.6) is 5.75 Å². The van der Waals surface area contributed by atoms with E-state index < -0.39 is 11.7 Å². The molecule has 0 aliphatic heterocycles. The van der Waals surface area contributed by atoms with Crippen molar-refractivity contribution in [2.45, 2.75) is 6.61 Å². The van der Waals surface area contributed by atoms with Crippen LogP contribution in [0.3, 0.4) is 0 Å². The summed E-state index contributed by atoms with van der Waals surface area (Å²) in [5, 5.41) is 11.6. The number of carbonyl (C=O) groups is 1. The maximum Gasteiger partial charge on any atom is 0.262 e. The number of ether oxygens (including phenoxy) is 1. The Balaban J connectivity index is 1.94. The lowest BCUT2D eigenvalue weighted by atomic mass is 10.2. The van der Waals surface area contributed by atoms with Crippen molar-refractivity contribution in [3.63, 3.8) is 0 Å². The second kappa shape index (κ2) is 7.06. The van der Waals surface area contributed by atoms with E-state index in [0.717, 1.165) is 0 Å². The smallest absolute Gasteiger partial charge is 0.262 e. The van der Waals surface area contributed by atoms with Gasteiger partial charge >= 0.3 is 0 Å². The number of benzene rings is 2. The number of hydrogen-bond donors (Lipinski definition) is 2. The molecular weight excluding hydrogens is 297 g/mol. The Morgan fingerprint density at radius 3 is 2.76 bits per heavy atom. The minimum absolute atomic E-state index is 0.0701. The van der Waals surface area contributed by atoms with E-state index in [9.17, 15) is 9.18 Å². The molecule has 0 bridgehead atoms. The molecule has 0 aliphatic carbocycles. The summed E-state index contributed by atoms with van der Waals surface area (Å²) in [5.41, 5.74) is 0.973. The van der Waals surface area contributed by atoms with Gasteiger partial charge in [0.05, 0.1) is 11.6 Å². The molecule has 2 N–H and O–H groups in total. The van der Waals surface area contributed by atoms with Gasteiger partial charge in [0.25, 0.3) is 5.91 Å². The number of aliphatic hydroxyl groups excluding tert-OH is 1. The van der Waals surface area contributed by atoms with E-state index in [2.05, 4.69) is 5.32 Å². The predicted octanol–water partition coefficient (Wildman–Crippen LogP) is 2.99. The summed E-state index contributed by atoms with van der Waals surface area (Å²) in [4.78, 5) is 11.7. The van der Waals surface area contributed by atoms with Gasteiger partial charge in [-0.3, -0.25) is 4.79 Å². The maximum atomic E-state index is 13.0. The van der Waals surface area contributed by atoms with Crippen molar-refractivity contribution < 1.29 is 19.0 Å². The number of halogens is 2. The van der Waals surface area contributed by atoms with Crippen LogP contribution in [0.25, 0.3) is 0 Å². The molecule has 0 saturated carbocycles. The van der Waals surface area contributed by atoms with Crippen molar-refractivity contribution in [1.82, 2.24) is 0 Å². The van der Waals surface area contributed by atoms with Gasteiger partial charge in [0.2, 0.25) is 0 Å². The molecule has 0 atom stereocenters. The highest BCUT2D eigenvalue weighted by atomic mass is 35.5. The third-order valence-electron chi connectivity index (χ3n) is 2.71. The minimum Gasteiger partial charge on any atom is -0.483 e. The topological polar surface area (TPSA) is 58.6 Å². The Hall–Kier alpha value is -2.11. The number of aliphatic hydroxyl groups is 1. The van der Waals surface area contributed by atoms with Crippen LogP contribution in [0.15, 0.2) is 42.5 Å². The number of amides is 1. The average Bonchev–Trinajstić information content (AvgIpc) is 2.49. The van der Waals surface area contributed by atoms with Crippen LogP contribution < -0.4 is 10.1 Å². The molecule has 0 spiro atoms. The number of hydrogen-bond acceptors (Lipinski definition) is 3. The molecule has 0 radical (unpaired) electrons. The normalized spacial score (nSPS) is 10.2. The fourth-order valence-corrected chi connectivity index (χ4v) is 1.87. The van der Waals surface area contributed by atoms with Crippen LogP contribution >= 0.6 is 11.6 Å². The number of carbonyl (C=O) groups excluding carboxylic acids is 1. The molecule has 2 rings (SSSR count). The number of para-hydroxylation sites is 1. The standard InChI is InChI=1S/C15H13ClFNO3/c16-12-7-11(5-6-13(12)17)18-15(20)9-21-14-4-2-1-3-10(14)8-19/h1-7,19H,8-9H2,(H,18,20). The van der Waals surface area contributed by atoms with E-state index in [1.54, 1.807) is 24.3 Å². The highest BCUT2D eigenvalue weighted by Crippen LogP contribution is 2.20. The zero-order valence-corrected chi connectivity index (χ0v) is 11.7. The van der Waals surface area contributed by atoms with Crippen LogP contribution in [0.2, 0.25) is 5.02 Å². The predicted molar refractivity (Wildman–Crippen MR) is 77.9 cm³/mol. The zero-order chi connectivity index (χ0) is 15.2. The Labute approximate surface area is 126 Å². The first-order valence-electron chi connectivity index (χ1n) is 6.16. The van der Waals surface area contributed by atoms with Crippen molar-refractivity contribution in [2.24, 2.45) is 0 Å². The summed E-state index contributed by atoms with van der Waals surface area (Å²) in [6.07, 6.45) is 0. The molecule has 110 valence electrons. The fourth-order valence-electron chi connectivity index (χ4n) is 1.69. The van der Waals surface area contributed by atoms with Crippen LogP contribution in [0, 0.1) is 5.82 Å². The first-order valence-corrected chi connectivity index (χ1v) is 6.54. The van der Waals surface area contributed by atoms with E-state index in [1.165, 1.54) is 18.2 Å². The van der Waals surface area contributed by atoms with Crippen molar-refractivity contribution >= 4 is 23.2 Å². The monoisotopic (exact) mass is 309 g/mol. The molecule has 2 aromatic rings. The molecule has 0 aromatic heterocycles. The lowest BCUT2D eigenvalue weighted by Crippen LogP contribution is -2.20. The van der Waals surface area contributed by atoms with Gasteiger partial charge in [-0.1, -0.05) is 29.8 Å². The quantitative estimate of drug-likeness (QED) is 0.892. The Bertz CT molecular complexity index is 649. The molecule has 2 aromatic carbocycles.